The molecule has 0 spiro atoms. The van der Waals surface area contributed by atoms with Gasteiger partial charge in [-0.15, -0.1) is 0 Å². The Morgan fingerprint density at radius 1 is 0.611 bits per heavy atom. The second-order valence-corrected chi connectivity index (χ2v) is 9.37. The van der Waals surface area contributed by atoms with Gasteiger partial charge in [0.15, 0.2) is 0 Å². The van der Waals surface area contributed by atoms with Crippen molar-refractivity contribution in [1.29, 1.82) is 0 Å². The molecule has 108 valence electrons. The highest BCUT2D eigenvalue weighted by Gasteiger charge is 2.36. The molecule has 0 aliphatic carbocycles. The highest BCUT2D eigenvalue weighted by atomic mass is 14.4. The van der Waals surface area contributed by atoms with Gasteiger partial charge in [0.2, 0.25) is 0 Å². The maximum absolute atomic E-state index is 4.35. The zero-order valence-electron chi connectivity index (χ0n) is 14.6. The third-order valence-corrected chi connectivity index (χ3v) is 5.44. The van der Waals surface area contributed by atoms with Crippen LogP contribution in [0.1, 0.15) is 82.1 Å². The maximum atomic E-state index is 4.35. The van der Waals surface area contributed by atoms with E-state index in [0.717, 1.165) is 12.8 Å². The highest BCUT2D eigenvalue weighted by Crippen LogP contribution is 2.47. The molecule has 0 rings (SSSR count). The smallest absolute Gasteiger partial charge is 0.0266 e. The van der Waals surface area contributed by atoms with Crippen LogP contribution < -0.4 is 0 Å². The third kappa shape index (κ3) is 4.44. The van der Waals surface area contributed by atoms with Crippen molar-refractivity contribution in [2.24, 2.45) is 21.7 Å². The van der Waals surface area contributed by atoms with Gasteiger partial charge in [-0.1, -0.05) is 81.4 Å². The molecule has 0 nitrogen and oxygen atoms in total. The van der Waals surface area contributed by atoms with E-state index >= 15 is 0 Å². The normalized spacial score (nSPS) is 14.8. The van der Waals surface area contributed by atoms with E-state index in [-0.39, 0.29) is 0 Å². The van der Waals surface area contributed by atoms with Crippen molar-refractivity contribution < 1.29 is 0 Å². The summed E-state index contributed by atoms with van der Waals surface area (Å²) in [5, 5.41) is 0. The first-order valence-electron chi connectivity index (χ1n) is 7.27. The Hall–Kier alpha value is -0.260. The van der Waals surface area contributed by atoms with Gasteiger partial charge < -0.3 is 0 Å². The molecule has 0 aliphatic rings. The molecular formula is C18H36. The first-order chi connectivity index (χ1) is 7.60. The molecule has 0 atom stereocenters. The molecule has 0 N–H and O–H groups in total. The van der Waals surface area contributed by atoms with E-state index in [1.165, 1.54) is 5.57 Å². The lowest BCUT2D eigenvalue weighted by molar-refractivity contribution is 0.108. The molecule has 0 aliphatic heterocycles. The van der Waals surface area contributed by atoms with Crippen LogP contribution in [-0.2, 0) is 0 Å². The van der Waals surface area contributed by atoms with E-state index < -0.39 is 0 Å². The fourth-order valence-electron chi connectivity index (χ4n) is 1.84. The molecule has 0 aromatic rings. The van der Waals surface area contributed by atoms with E-state index in [1.807, 2.05) is 0 Å². The van der Waals surface area contributed by atoms with Crippen LogP contribution in [-0.4, -0.2) is 0 Å². The molecule has 0 heteroatoms. The summed E-state index contributed by atoms with van der Waals surface area (Å²) in [6.07, 6.45) is 2.24. The fraction of sp³-hybridized carbons (Fsp3) is 0.889. The molecule has 0 fully saturated rings. The Labute approximate surface area is 116 Å². The minimum absolute atomic E-state index is 0.304. The van der Waals surface area contributed by atoms with Crippen LogP contribution in [0.15, 0.2) is 12.2 Å². The SMILES string of the molecule is C=C(CC(C)(C)C(C)(C)C)CC(C)(C)C(C)(C)C. The van der Waals surface area contributed by atoms with Crippen molar-refractivity contribution >= 4 is 0 Å². The van der Waals surface area contributed by atoms with Gasteiger partial charge in [-0.25, -0.2) is 0 Å². The Morgan fingerprint density at radius 3 is 1.00 bits per heavy atom. The Kier molecular flexibility index (Phi) is 4.95. The molecule has 0 heterocycles. The summed E-state index contributed by atoms with van der Waals surface area (Å²) < 4.78 is 0. The molecule has 0 aromatic heterocycles. The summed E-state index contributed by atoms with van der Waals surface area (Å²) in [6, 6.07) is 0. The zero-order chi connectivity index (χ0) is 15.0. The summed E-state index contributed by atoms with van der Waals surface area (Å²) >= 11 is 0. The summed E-state index contributed by atoms with van der Waals surface area (Å²) in [7, 11) is 0. The maximum Gasteiger partial charge on any atom is -0.0266 e. The van der Waals surface area contributed by atoms with Crippen LogP contribution in [0, 0.1) is 21.7 Å². The number of hydrogen-bond acceptors (Lipinski definition) is 0. The topological polar surface area (TPSA) is 0 Å². The van der Waals surface area contributed by atoms with E-state index in [0.29, 0.717) is 21.7 Å². The van der Waals surface area contributed by atoms with Crippen LogP contribution >= 0.6 is 0 Å². The quantitative estimate of drug-likeness (QED) is 0.503. The van der Waals surface area contributed by atoms with Gasteiger partial charge in [0.1, 0.15) is 0 Å². The van der Waals surface area contributed by atoms with Gasteiger partial charge in [0.05, 0.1) is 0 Å². The first kappa shape index (κ1) is 17.7. The predicted octanol–water partition coefficient (Wildman–Crippen LogP) is 6.47. The van der Waals surface area contributed by atoms with Crippen molar-refractivity contribution in [2.75, 3.05) is 0 Å². The highest BCUT2D eigenvalue weighted by molar-refractivity contribution is 5.06. The van der Waals surface area contributed by atoms with Gasteiger partial charge in [-0.3, -0.25) is 0 Å². The van der Waals surface area contributed by atoms with Crippen molar-refractivity contribution in [2.45, 2.75) is 82.1 Å². The second-order valence-electron chi connectivity index (χ2n) is 9.37. The van der Waals surface area contributed by atoms with Crippen molar-refractivity contribution in [1.82, 2.24) is 0 Å². The third-order valence-electron chi connectivity index (χ3n) is 5.44. The molecule has 0 saturated heterocycles. The minimum atomic E-state index is 0.304. The predicted molar refractivity (Wildman–Crippen MR) is 84.8 cm³/mol. The summed E-state index contributed by atoms with van der Waals surface area (Å²) in [5.41, 5.74) is 2.65. The van der Waals surface area contributed by atoms with Crippen molar-refractivity contribution in [3.05, 3.63) is 12.2 Å². The number of hydrogen-bond donors (Lipinski definition) is 0. The van der Waals surface area contributed by atoms with Crippen LogP contribution in [0.4, 0.5) is 0 Å². The van der Waals surface area contributed by atoms with E-state index in [1.54, 1.807) is 0 Å². The minimum Gasteiger partial charge on any atom is -0.0998 e. The molecule has 0 amide bonds. The Bertz CT molecular complexity index is 259. The van der Waals surface area contributed by atoms with E-state index in [9.17, 15) is 0 Å². The molecule has 0 bridgehead atoms. The lowest BCUT2D eigenvalue weighted by Crippen LogP contribution is -2.33. The van der Waals surface area contributed by atoms with E-state index in [4.69, 9.17) is 0 Å². The van der Waals surface area contributed by atoms with E-state index in [2.05, 4.69) is 75.8 Å². The zero-order valence-corrected chi connectivity index (χ0v) is 14.6. The second kappa shape index (κ2) is 5.02. The molecule has 18 heavy (non-hydrogen) atoms. The van der Waals surface area contributed by atoms with Crippen LogP contribution in [0.5, 0.6) is 0 Å². The largest absolute Gasteiger partial charge is 0.0998 e. The average Bonchev–Trinajstić information content (AvgIpc) is 1.95. The van der Waals surface area contributed by atoms with Crippen molar-refractivity contribution in [3.8, 4) is 0 Å². The first-order valence-corrected chi connectivity index (χ1v) is 7.27. The van der Waals surface area contributed by atoms with Crippen LogP contribution in [0.3, 0.4) is 0 Å². The monoisotopic (exact) mass is 252 g/mol. The van der Waals surface area contributed by atoms with Crippen molar-refractivity contribution in [3.63, 3.8) is 0 Å². The van der Waals surface area contributed by atoms with Gasteiger partial charge in [-0.2, -0.15) is 0 Å². The Morgan fingerprint density at radius 2 is 0.833 bits per heavy atom. The lowest BCUT2D eigenvalue weighted by atomic mass is 9.62. The van der Waals surface area contributed by atoms with Gasteiger partial charge in [0, 0.05) is 0 Å². The molecular weight excluding hydrogens is 216 g/mol. The Balaban J connectivity index is 4.75. The number of allylic oxidation sites excluding steroid dienone is 1. The summed E-state index contributed by atoms with van der Waals surface area (Å²) in [5.74, 6) is 0. The van der Waals surface area contributed by atoms with Crippen LogP contribution in [0.25, 0.3) is 0 Å². The molecule has 0 aromatic carbocycles. The fourth-order valence-corrected chi connectivity index (χ4v) is 1.84. The molecule has 0 unspecified atom stereocenters. The summed E-state index contributed by atoms with van der Waals surface area (Å²) in [6.45, 7) is 27.8. The van der Waals surface area contributed by atoms with Gasteiger partial charge >= 0.3 is 0 Å². The summed E-state index contributed by atoms with van der Waals surface area (Å²) in [4.78, 5) is 0. The standard InChI is InChI=1S/C18H36/c1-14(12-17(8,9)15(2,3)4)13-18(10,11)16(5,6)7/h1,12-13H2,2-11H3. The number of rotatable bonds is 4. The van der Waals surface area contributed by atoms with Crippen LogP contribution in [0.2, 0.25) is 0 Å². The van der Waals surface area contributed by atoms with Gasteiger partial charge in [-0.05, 0) is 34.5 Å². The average molecular weight is 252 g/mol. The van der Waals surface area contributed by atoms with Gasteiger partial charge in [0.25, 0.3) is 0 Å². The molecule has 0 saturated carbocycles. The lowest BCUT2D eigenvalue weighted by Gasteiger charge is -2.43. The molecule has 0 radical (unpaired) electrons.